The molecule has 2 N–H and O–H groups in total. The van der Waals surface area contributed by atoms with Crippen LogP contribution in [0.2, 0.25) is 5.02 Å². The molecule has 1 unspecified atom stereocenters. The molecule has 2 aromatic carbocycles. The maximum Gasteiger partial charge on any atom is 0.307 e. The Morgan fingerprint density at radius 2 is 1.77 bits per heavy atom. The minimum absolute atomic E-state index is 0.0480. The second-order valence-electron chi connectivity index (χ2n) is 6.15. The van der Waals surface area contributed by atoms with Crippen molar-refractivity contribution in [3.8, 4) is 5.75 Å². The number of nitrogens with one attached hydrogen (secondary N) is 2. The normalized spacial score (nSPS) is 12.1. The first-order chi connectivity index (χ1) is 14.2. The van der Waals surface area contributed by atoms with Gasteiger partial charge in [0.15, 0.2) is 6.10 Å². The predicted molar refractivity (Wildman–Crippen MR) is 113 cm³/mol. The molecule has 0 spiro atoms. The van der Waals surface area contributed by atoms with Gasteiger partial charge in [0.2, 0.25) is 10.0 Å². The molecule has 0 fully saturated rings. The maximum atomic E-state index is 12.3. The number of carbonyl (C=O) groups is 2. The van der Waals surface area contributed by atoms with Crippen LogP contribution in [0.15, 0.2) is 53.4 Å². The molecule has 8 nitrogen and oxygen atoms in total. The summed E-state index contributed by atoms with van der Waals surface area (Å²) in [4.78, 5) is 24.1. The van der Waals surface area contributed by atoms with Gasteiger partial charge in [-0.1, -0.05) is 23.7 Å². The van der Waals surface area contributed by atoms with Gasteiger partial charge < -0.3 is 14.8 Å². The zero-order valence-electron chi connectivity index (χ0n) is 16.6. The minimum atomic E-state index is -3.79. The van der Waals surface area contributed by atoms with E-state index < -0.39 is 28.0 Å². The molecule has 1 amide bonds. The van der Waals surface area contributed by atoms with Crippen LogP contribution in [0, 0.1) is 0 Å². The van der Waals surface area contributed by atoms with Crippen molar-refractivity contribution < 1.29 is 27.5 Å². The number of sulfonamides is 1. The standard InChI is InChI=1S/C20H23ClN2O6S/c1-3-28-15-8-10-16(11-9-15)30(26,27)22-13-12-19(24)29-14(2)20(25)23-18-7-5-4-6-17(18)21/h4-11,14,22H,3,12-13H2,1-2H3,(H,23,25). The van der Waals surface area contributed by atoms with Gasteiger partial charge in [0, 0.05) is 6.54 Å². The highest BCUT2D eigenvalue weighted by molar-refractivity contribution is 7.89. The van der Waals surface area contributed by atoms with Crippen molar-refractivity contribution >= 4 is 39.2 Å². The molecule has 0 aliphatic rings. The van der Waals surface area contributed by atoms with Gasteiger partial charge in [-0.05, 0) is 50.2 Å². The lowest BCUT2D eigenvalue weighted by atomic mass is 10.3. The number of halogens is 1. The number of carbonyl (C=O) groups excluding carboxylic acids is 2. The van der Waals surface area contributed by atoms with Crippen LogP contribution in [0.3, 0.4) is 0 Å². The van der Waals surface area contributed by atoms with E-state index in [0.717, 1.165) is 0 Å². The molecule has 0 radical (unpaired) electrons. The quantitative estimate of drug-likeness (QED) is 0.534. The second-order valence-corrected chi connectivity index (χ2v) is 8.33. The maximum absolute atomic E-state index is 12.3. The summed E-state index contributed by atoms with van der Waals surface area (Å²) in [6, 6.07) is 12.6. The summed E-state index contributed by atoms with van der Waals surface area (Å²) in [5, 5.41) is 2.92. The average Bonchev–Trinajstić information content (AvgIpc) is 2.70. The monoisotopic (exact) mass is 454 g/mol. The third-order valence-corrected chi connectivity index (χ3v) is 5.68. The smallest absolute Gasteiger partial charge is 0.307 e. The fourth-order valence-electron chi connectivity index (χ4n) is 2.36. The van der Waals surface area contributed by atoms with Crippen molar-refractivity contribution in [1.29, 1.82) is 0 Å². The lowest BCUT2D eigenvalue weighted by Gasteiger charge is -2.14. The largest absolute Gasteiger partial charge is 0.494 e. The number of anilines is 1. The molecule has 30 heavy (non-hydrogen) atoms. The Morgan fingerprint density at radius 1 is 1.10 bits per heavy atom. The topological polar surface area (TPSA) is 111 Å². The van der Waals surface area contributed by atoms with Gasteiger partial charge in [-0.25, -0.2) is 13.1 Å². The molecule has 0 heterocycles. The van der Waals surface area contributed by atoms with Gasteiger partial charge >= 0.3 is 5.97 Å². The summed E-state index contributed by atoms with van der Waals surface area (Å²) in [7, 11) is -3.79. The van der Waals surface area contributed by atoms with E-state index in [2.05, 4.69) is 10.0 Å². The third-order valence-electron chi connectivity index (χ3n) is 3.88. The molecule has 0 saturated carbocycles. The number of hydrogen-bond donors (Lipinski definition) is 2. The average molecular weight is 455 g/mol. The molecular weight excluding hydrogens is 432 g/mol. The summed E-state index contributed by atoms with van der Waals surface area (Å²) in [6.07, 6.45) is -1.31. The van der Waals surface area contributed by atoms with Crippen LogP contribution in [0.25, 0.3) is 0 Å². The first-order valence-corrected chi connectivity index (χ1v) is 11.1. The number of amides is 1. The Kier molecular flexibility index (Phi) is 8.64. The highest BCUT2D eigenvalue weighted by atomic mass is 35.5. The summed E-state index contributed by atoms with van der Waals surface area (Å²) >= 11 is 5.97. The van der Waals surface area contributed by atoms with E-state index in [1.54, 1.807) is 36.4 Å². The van der Waals surface area contributed by atoms with E-state index in [1.165, 1.54) is 19.1 Å². The molecule has 0 aliphatic heterocycles. The Labute approximate surface area is 180 Å². The van der Waals surface area contributed by atoms with E-state index in [4.69, 9.17) is 21.1 Å². The second kappa shape index (κ2) is 11.0. The van der Waals surface area contributed by atoms with Crippen LogP contribution in [0.5, 0.6) is 5.75 Å². The van der Waals surface area contributed by atoms with E-state index in [1.807, 2.05) is 6.92 Å². The Morgan fingerprint density at radius 3 is 2.40 bits per heavy atom. The van der Waals surface area contributed by atoms with Crippen LogP contribution in [-0.4, -0.2) is 39.5 Å². The number of benzene rings is 2. The van der Waals surface area contributed by atoms with Gasteiger partial charge in [-0.3, -0.25) is 9.59 Å². The van der Waals surface area contributed by atoms with E-state index in [9.17, 15) is 18.0 Å². The van der Waals surface area contributed by atoms with Crippen molar-refractivity contribution in [3.05, 3.63) is 53.6 Å². The fourth-order valence-corrected chi connectivity index (χ4v) is 3.57. The number of para-hydroxylation sites is 1. The van der Waals surface area contributed by atoms with Crippen molar-refractivity contribution in [3.63, 3.8) is 0 Å². The van der Waals surface area contributed by atoms with Crippen molar-refractivity contribution in [1.82, 2.24) is 4.72 Å². The lowest BCUT2D eigenvalue weighted by Crippen LogP contribution is -2.32. The Balaban J connectivity index is 1.80. The number of ether oxygens (including phenoxy) is 2. The Bertz CT molecular complexity index is 979. The zero-order chi connectivity index (χ0) is 22.1. The molecule has 1 atom stereocenters. The molecule has 2 aromatic rings. The third kappa shape index (κ3) is 7.01. The molecule has 0 saturated heterocycles. The van der Waals surface area contributed by atoms with Gasteiger partial charge in [0.05, 0.1) is 28.6 Å². The molecular formula is C20H23ClN2O6S. The van der Waals surface area contributed by atoms with Gasteiger partial charge in [-0.15, -0.1) is 0 Å². The van der Waals surface area contributed by atoms with Crippen LogP contribution in [0.4, 0.5) is 5.69 Å². The van der Waals surface area contributed by atoms with E-state index >= 15 is 0 Å². The van der Waals surface area contributed by atoms with Gasteiger partial charge in [0.25, 0.3) is 5.91 Å². The van der Waals surface area contributed by atoms with Crippen LogP contribution >= 0.6 is 11.6 Å². The molecule has 2 rings (SSSR count). The Hall–Kier alpha value is -2.62. The van der Waals surface area contributed by atoms with Gasteiger partial charge in [-0.2, -0.15) is 0 Å². The highest BCUT2D eigenvalue weighted by Crippen LogP contribution is 2.20. The predicted octanol–water partition coefficient (Wildman–Crippen LogP) is 2.98. The molecule has 10 heteroatoms. The summed E-state index contributed by atoms with van der Waals surface area (Å²) in [5.41, 5.74) is 0.398. The molecule has 0 aliphatic carbocycles. The molecule has 0 aromatic heterocycles. The first kappa shape index (κ1) is 23.7. The molecule has 162 valence electrons. The zero-order valence-corrected chi connectivity index (χ0v) is 18.1. The summed E-state index contributed by atoms with van der Waals surface area (Å²) < 4.78 is 37.2. The molecule has 0 bridgehead atoms. The van der Waals surface area contributed by atoms with E-state index in [0.29, 0.717) is 23.1 Å². The highest BCUT2D eigenvalue weighted by Gasteiger charge is 2.20. The van der Waals surface area contributed by atoms with Crippen molar-refractivity contribution in [2.75, 3.05) is 18.5 Å². The van der Waals surface area contributed by atoms with Crippen molar-refractivity contribution in [2.45, 2.75) is 31.3 Å². The summed E-state index contributed by atoms with van der Waals surface area (Å²) in [6.45, 7) is 3.54. The van der Waals surface area contributed by atoms with E-state index in [-0.39, 0.29) is 17.9 Å². The van der Waals surface area contributed by atoms with Crippen molar-refractivity contribution in [2.24, 2.45) is 0 Å². The van der Waals surface area contributed by atoms with Gasteiger partial charge in [0.1, 0.15) is 5.75 Å². The number of hydrogen-bond acceptors (Lipinski definition) is 6. The number of esters is 1. The van der Waals surface area contributed by atoms with Crippen LogP contribution in [0.1, 0.15) is 20.3 Å². The first-order valence-electron chi connectivity index (χ1n) is 9.20. The summed E-state index contributed by atoms with van der Waals surface area (Å²) in [5.74, 6) is -0.707. The minimum Gasteiger partial charge on any atom is -0.494 e. The number of rotatable bonds is 10. The fraction of sp³-hybridized carbons (Fsp3) is 0.300. The van der Waals surface area contributed by atoms with Crippen LogP contribution in [-0.2, 0) is 24.3 Å². The SMILES string of the molecule is CCOc1ccc(S(=O)(=O)NCCC(=O)OC(C)C(=O)Nc2ccccc2Cl)cc1. The lowest BCUT2D eigenvalue weighted by molar-refractivity contribution is -0.152. The van der Waals surface area contributed by atoms with Crippen LogP contribution < -0.4 is 14.8 Å².